The molecular weight excluding hydrogens is 335 g/mol. The summed E-state index contributed by atoms with van der Waals surface area (Å²) in [6.07, 6.45) is -4.24. The summed E-state index contributed by atoms with van der Waals surface area (Å²) in [7, 11) is -2.98. The Kier molecular flexibility index (Phi) is 5.03. The van der Waals surface area contributed by atoms with E-state index in [1.807, 2.05) is 0 Å². The first-order chi connectivity index (χ1) is 10.6. The van der Waals surface area contributed by atoms with Crippen LogP contribution in [0.1, 0.15) is 6.42 Å². The lowest BCUT2D eigenvalue weighted by atomic mass is 10.1. The largest absolute Gasteiger partial charge is 0.573 e. The van der Waals surface area contributed by atoms with E-state index in [-0.39, 0.29) is 41.4 Å². The van der Waals surface area contributed by atoms with E-state index >= 15 is 0 Å². The van der Waals surface area contributed by atoms with E-state index in [1.54, 1.807) is 0 Å². The second kappa shape index (κ2) is 6.65. The number of sulfone groups is 1. The van der Waals surface area contributed by atoms with Gasteiger partial charge in [0.2, 0.25) is 0 Å². The molecule has 1 aliphatic heterocycles. The van der Waals surface area contributed by atoms with Crippen LogP contribution in [0.15, 0.2) is 29.3 Å². The molecule has 1 fully saturated rings. The highest BCUT2D eigenvalue weighted by atomic mass is 32.2. The van der Waals surface area contributed by atoms with Crippen molar-refractivity contribution in [3.8, 4) is 5.75 Å². The van der Waals surface area contributed by atoms with Crippen LogP contribution in [-0.2, 0) is 9.84 Å². The van der Waals surface area contributed by atoms with E-state index in [1.165, 1.54) is 12.1 Å². The molecule has 10 heteroatoms. The molecule has 1 atom stereocenters. The zero-order chi connectivity index (χ0) is 17.1. The van der Waals surface area contributed by atoms with E-state index in [0.717, 1.165) is 12.1 Å². The van der Waals surface area contributed by atoms with Crippen molar-refractivity contribution in [2.75, 3.05) is 23.4 Å². The Morgan fingerprint density at radius 3 is 2.78 bits per heavy atom. The van der Waals surface area contributed by atoms with Gasteiger partial charge in [-0.15, -0.1) is 13.2 Å². The number of nitrogens with zero attached hydrogens (tertiary/aromatic N) is 1. The van der Waals surface area contributed by atoms with Crippen LogP contribution < -0.4 is 15.8 Å². The minimum atomic E-state index is -4.77. The van der Waals surface area contributed by atoms with Gasteiger partial charge in [0.05, 0.1) is 11.5 Å². The molecule has 23 heavy (non-hydrogen) atoms. The Labute approximate surface area is 131 Å². The van der Waals surface area contributed by atoms with Crippen LogP contribution in [0.4, 0.5) is 18.9 Å². The highest BCUT2D eigenvalue weighted by Gasteiger charge is 2.31. The second-order valence-electron chi connectivity index (χ2n) is 5.20. The molecule has 0 spiro atoms. The molecule has 1 heterocycles. The SMILES string of the molecule is NC(=NCC1CCS(=O)(=O)C1)Nc1cccc(OC(F)(F)F)c1. The first-order valence-electron chi connectivity index (χ1n) is 6.76. The monoisotopic (exact) mass is 351 g/mol. The van der Waals surface area contributed by atoms with Crippen LogP contribution in [0.5, 0.6) is 5.75 Å². The molecular formula is C13H16F3N3O3S. The van der Waals surface area contributed by atoms with Gasteiger partial charge in [-0.3, -0.25) is 4.99 Å². The van der Waals surface area contributed by atoms with Crippen molar-refractivity contribution in [2.24, 2.45) is 16.6 Å². The van der Waals surface area contributed by atoms with Crippen molar-refractivity contribution in [3.63, 3.8) is 0 Å². The van der Waals surface area contributed by atoms with Gasteiger partial charge < -0.3 is 15.8 Å². The number of nitrogens with one attached hydrogen (secondary N) is 1. The summed E-state index contributed by atoms with van der Waals surface area (Å²) in [6, 6.07) is 5.18. The molecule has 0 aromatic heterocycles. The van der Waals surface area contributed by atoms with Crippen molar-refractivity contribution in [1.29, 1.82) is 0 Å². The molecule has 0 saturated carbocycles. The Bertz CT molecular complexity index is 689. The number of hydrogen-bond acceptors (Lipinski definition) is 4. The number of rotatable bonds is 4. The number of ether oxygens (including phenoxy) is 1. The van der Waals surface area contributed by atoms with Crippen LogP contribution in [-0.4, -0.2) is 38.8 Å². The maximum absolute atomic E-state index is 12.2. The quantitative estimate of drug-likeness (QED) is 0.637. The Morgan fingerprint density at radius 1 is 1.43 bits per heavy atom. The number of alkyl halides is 3. The summed E-state index contributed by atoms with van der Waals surface area (Å²) < 4.78 is 62.9. The lowest BCUT2D eigenvalue weighted by Gasteiger charge is -2.11. The predicted octanol–water partition coefficient (Wildman–Crippen LogP) is 1.75. The van der Waals surface area contributed by atoms with E-state index in [9.17, 15) is 21.6 Å². The molecule has 1 saturated heterocycles. The van der Waals surface area contributed by atoms with Gasteiger partial charge in [-0.1, -0.05) is 6.07 Å². The van der Waals surface area contributed by atoms with Crippen LogP contribution in [0.25, 0.3) is 0 Å². The van der Waals surface area contributed by atoms with Gasteiger partial charge in [-0.25, -0.2) is 8.42 Å². The molecule has 0 bridgehead atoms. The number of aliphatic imine (C=N–C) groups is 1. The van der Waals surface area contributed by atoms with Crippen LogP contribution in [0, 0.1) is 5.92 Å². The van der Waals surface area contributed by atoms with Crippen LogP contribution in [0.2, 0.25) is 0 Å². The molecule has 1 aliphatic rings. The minimum Gasteiger partial charge on any atom is -0.406 e. The zero-order valence-electron chi connectivity index (χ0n) is 12.0. The molecule has 0 aliphatic carbocycles. The third-order valence-corrected chi connectivity index (χ3v) is 5.02. The summed E-state index contributed by atoms with van der Waals surface area (Å²) >= 11 is 0. The minimum absolute atomic E-state index is 0.00143. The fraction of sp³-hybridized carbons (Fsp3) is 0.462. The van der Waals surface area contributed by atoms with Gasteiger partial charge in [-0.05, 0) is 24.5 Å². The van der Waals surface area contributed by atoms with Crippen molar-refractivity contribution >= 4 is 21.5 Å². The first-order valence-corrected chi connectivity index (χ1v) is 8.58. The third kappa shape index (κ3) is 5.97. The second-order valence-corrected chi connectivity index (χ2v) is 7.42. The smallest absolute Gasteiger partial charge is 0.406 e. The summed E-state index contributed by atoms with van der Waals surface area (Å²) in [5.74, 6) is -0.230. The molecule has 128 valence electrons. The Balaban J connectivity index is 1.93. The number of anilines is 1. The van der Waals surface area contributed by atoms with Crippen LogP contribution in [0.3, 0.4) is 0 Å². The number of hydrogen-bond donors (Lipinski definition) is 2. The van der Waals surface area contributed by atoms with E-state index in [2.05, 4.69) is 15.0 Å². The molecule has 1 aromatic carbocycles. The average molecular weight is 351 g/mol. The zero-order valence-corrected chi connectivity index (χ0v) is 12.8. The molecule has 6 nitrogen and oxygen atoms in total. The summed E-state index contributed by atoms with van der Waals surface area (Å²) in [5.41, 5.74) is 5.94. The third-order valence-electron chi connectivity index (χ3n) is 3.19. The summed E-state index contributed by atoms with van der Waals surface area (Å²) in [4.78, 5) is 4.03. The highest BCUT2D eigenvalue weighted by molar-refractivity contribution is 7.91. The van der Waals surface area contributed by atoms with Crippen molar-refractivity contribution < 1.29 is 26.3 Å². The maximum atomic E-state index is 12.2. The topological polar surface area (TPSA) is 93.8 Å². The predicted molar refractivity (Wildman–Crippen MR) is 80.0 cm³/mol. The lowest BCUT2D eigenvalue weighted by Crippen LogP contribution is -2.24. The number of benzene rings is 1. The van der Waals surface area contributed by atoms with Gasteiger partial charge in [0.1, 0.15) is 5.75 Å². The number of guanidine groups is 1. The molecule has 1 unspecified atom stereocenters. The average Bonchev–Trinajstić information content (AvgIpc) is 2.74. The van der Waals surface area contributed by atoms with Gasteiger partial charge in [0.15, 0.2) is 15.8 Å². The summed E-state index contributed by atoms with van der Waals surface area (Å²) in [6.45, 7) is 0.247. The van der Waals surface area contributed by atoms with Gasteiger partial charge in [0.25, 0.3) is 0 Å². The molecule has 0 radical (unpaired) electrons. The van der Waals surface area contributed by atoms with E-state index in [0.29, 0.717) is 6.42 Å². The summed E-state index contributed by atoms with van der Waals surface area (Å²) in [5, 5.41) is 2.64. The molecule has 1 aromatic rings. The fourth-order valence-electron chi connectivity index (χ4n) is 2.20. The van der Waals surface area contributed by atoms with Gasteiger partial charge in [0, 0.05) is 18.3 Å². The lowest BCUT2D eigenvalue weighted by molar-refractivity contribution is -0.274. The number of halogens is 3. The highest BCUT2D eigenvalue weighted by Crippen LogP contribution is 2.25. The molecule has 0 amide bonds. The standard InChI is InChI=1S/C13H16F3N3O3S/c14-13(15,16)22-11-3-1-2-10(6-11)19-12(17)18-7-9-4-5-23(20,21)8-9/h1-3,6,9H,4-5,7-8H2,(H3,17,18,19). The van der Waals surface area contributed by atoms with Crippen molar-refractivity contribution in [3.05, 3.63) is 24.3 Å². The molecule has 2 rings (SSSR count). The fourth-order valence-corrected chi connectivity index (χ4v) is 4.05. The van der Waals surface area contributed by atoms with E-state index < -0.39 is 16.2 Å². The normalized spacial score (nSPS) is 21.2. The van der Waals surface area contributed by atoms with Crippen molar-refractivity contribution in [1.82, 2.24) is 0 Å². The van der Waals surface area contributed by atoms with Crippen LogP contribution >= 0.6 is 0 Å². The first kappa shape index (κ1) is 17.4. The van der Waals surface area contributed by atoms with Gasteiger partial charge in [-0.2, -0.15) is 0 Å². The Hall–Kier alpha value is -1.97. The maximum Gasteiger partial charge on any atom is 0.573 e. The van der Waals surface area contributed by atoms with E-state index in [4.69, 9.17) is 5.73 Å². The molecule has 3 N–H and O–H groups in total. The number of nitrogens with two attached hydrogens (primary N) is 1. The van der Waals surface area contributed by atoms with Gasteiger partial charge >= 0.3 is 6.36 Å². The van der Waals surface area contributed by atoms with Crippen molar-refractivity contribution in [2.45, 2.75) is 12.8 Å². The Morgan fingerprint density at radius 2 is 2.17 bits per heavy atom.